The van der Waals surface area contributed by atoms with Crippen LogP contribution in [0.15, 0.2) is 37.1 Å². The number of rotatable bonds is 6. The van der Waals surface area contributed by atoms with Gasteiger partial charge in [0.15, 0.2) is 0 Å². The number of fused-ring (bicyclic) bond motifs is 4. The van der Waals surface area contributed by atoms with E-state index in [-0.39, 0.29) is 11.8 Å². The van der Waals surface area contributed by atoms with Crippen molar-refractivity contribution in [1.29, 1.82) is 0 Å². The van der Waals surface area contributed by atoms with Crippen molar-refractivity contribution < 1.29 is 14.3 Å². The molecule has 1 saturated carbocycles. The predicted octanol–water partition coefficient (Wildman–Crippen LogP) is 2.75. The largest absolute Gasteiger partial charge is 0.477 e. The Bertz CT molecular complexity index is 1590. The van der Waals surface area contributed by atoms with Crippen molar-refractivity contribution >= 4 is 28.7 Å². The third kappa shape index (κ3) is 4.40. The van der Waals surface area contributed by atoms with Gasteiger partial charge in [0.25, 0.3) is 5.91 Å². The van der Waals surface area contributed by atoms with Gasteiger partial charge < -0.3 is 15.4 Å². The first-order valence-electron chi connectivity index (χ1n) is 13.4. The van der Waals surface area contributed by atoms with Crippen LogP contribution in [0, 0.1) is 12.8 Å². The number of nitrogens with one attached hydrogen (secondary N) is 2. The van der Waals surface area contributed by atoms with Crippen LogP contribution in [0.3, 0.4) is 0 Å². The fraction of sp³-hybridized carbons (Fsp3) is 0.407. The zero-order valence-corrected chi connectivity index (χ0v) is 21.6. The summed E-state index contributed by atoms with van der Waals surface area (Å²) in [6.45, 7) is 4.64. The molecule has 0 unspecified atom stereocenters. The Balaban J connectivity index is 1.06. The molecule has 200 valence electrons. The lowest BCUT2D eigenvalue weighted by Crippen LogP contribution is -2.38. The summed E-state index contributed by atoms with van der Waals surface area (Å²) < 4.78 is 9.24. The SMILES string of the molecule is Cc1ncc(NC(=O)CN2C[C@@H]3CC[C@H]2C3)cc1NC(=O)c1cnn2cc(-c3cnn4c3OCCC4)ncc12. The normalized spacial score (nSPS) is 20.1. The highest BCUT2D eigenvalue weighted by Crippen LogP contribution is 2.37. The number of anilines is 2. The zero-order valence-electron chi connectivity index (χ0n) is 21.6. The average Bonchev–Trinajstić information content (AvgIpc) is 3.73. The molecule has 12 nitrogen and oxygen atoms in total. The minimum Gasteiger partial charge on any atom is -0.477 e. The number of likely N-dealkylation sites (tertiary alicyclic amines) is 1. The van der Waals surface area contributed by atoms with Gasteiger partial charge in [-0.1, -0.05) is 0 Å². The molecule has 1 aliphatic carbocycles. The van der Waals surface area contributed by atoms with E-state index in [2.05, 4.69) is 35.7 Å². The van der Waals surface area contributed by atoms with Gasteiger partial charge in [-0.25, -0.2) is 9.20 Å². The first-order valence-corrected chi connectivity index (χ1v) is 13.4. The summed E-state index contributed by atoms with van der Waals surface area (Å²) in [6, 6.07) is 2.27. The molecule has 4 aromatic heterocycles. The van der Waals surface area contributed by atoms with Crippen molar-refractivity contribution in [2.24, 2.45) is 5.92 Å². The van der Waals surface area contributed by atoms with E-state index in [0.29, 0.717) is 58.9 Å². The lowest BCUT2D eigenvalue weighted by molar-refractivity contribution is -0.117. The Hall–Kier alpha value is -4.32. The molecule has 3 aliphatic rings. The van der Waals surface area contributed by atoms with E-state index < -0.39 is 0 Å². The summed E-state index contributed by atoms with van der Waals surface area (Å²) in [5.74, 6) is 1.02. The number of carbonyl (C=O) groups excluding carboxylic acids is 2. The second-order valence-electron chi connectivity index (χ2n) is 10.6. The summed E-state index contributed by atoms with van der Waals surface area (Å²) in [5.41, 5.74) is 4.09. The fourth-order valence-electron chi connectivity index (χ4n) is 5.96. The molecule has 7 rings (SSSR count). The minimum atomic E-state index is -0.340. The van der Waals surface area contributed by atoms with E-state index in [9.17, 15) is 9.59 Å². The van der Waals surface area contributed by atoms with Crippen LogP contribution in [0.25, 0.3) is 16.8 Å². The number of amides is 2. The summed E-state index contributed by atoms with van der Waals surface area (Å²) in [7, 11) is 0. The number of ether oxygens (including phenoxy) is 1. The Morgan fingerprint density at radius 2 is 2.03 bits per heavy atom. The zero-order chi connectivity index (χ0) is 26.5. The Kier molecular flexibility index (Phi) is 5.76. The summed E-state index contributed by atoms with van der Waals surface area (Å²) in [4.78, 5) is 37.1. The number of hydrogen-bond acceptors (Lipinski definition) is 8. The molecule has 6 heterocycles. The van der Waals surface area contributed by atoms with Crippen LogP contribution in [0.2, 0.25) is 0 Å². The van der Waals surface area contributed by atoms with Gasteiger partial charge in [0.2, 0.25) is 11.8 Å². The van der Waals surface area contributed by atoms with Crippen molar-refractivity contribution in [2.75, 3.05) is 30.3 Å². The molecule has 0 spiro atoms. The van der Waals surface area contributed by atoms with Crippen LogP contribution in [0.5, 0.6) is 5.88 Å². The van der Waals surface area contributed by atoms with Gasteiger partial charge in [-0.2, -0.15) is 10.2 Å². The topological polar surface area (TPSA) is 132 Å². The average molecular weight is 528 g/mol. The molecule has 0 aromatic carbocycles. The molecule has 39 heavy (non-hydrogen) atoms. The van der Waals surface area contributed by atoms with E-state index >= 15 is 0 Å². The third-order valence-electron chi connectivity index (χ3n) is 7.96. The van der Waals surface area contributed by atoms with Crippen LogP contribution in [-0.4, -0.2) is 71.8 Å². The van der Waals surface area contributed by atoms with E-state index in [1.807, 2.05) is 4.68 Å². The second-order valence-corrected chi connectivity index (χ2v) is 10.6. The van der Waals surface area contributed by atoms with Crippen molar-refractivity contribution in [1.82, 2.24) is 34.3 Å². The van der Waals surface area contributed by atoms with Crippen molar-refractivity contribution in [3.8, 4) is 17.1 Å². The van der Waals surface area contributed by atoms with Crippen molar-refractivity contribution in [3.63, 3.8) is 0 Å². The van der Waals surface area contributed by atoms with E-state index in [1.54, 1.807) is 42.3 Å². The summed E-state index contributed by atoms with van der Waals surface area (Å²) >= 11 is 0. The lowest BCUT2D eigenvalue weighted by atomic mass is 10.1. The molecule has 1 saturated heterocycles. The van der Waals surface area contributed by atoms with Gasteiger partial charge in [-0.3, -0.25) is 24.5 Å². The predicted molar refractivity (Wildman–Crippen MR) is 143 cm³/mol. The maximum atomic E-state index is 13.2. The molecule has 2 bridgehead atoms. The van der Waals surface area contributed by atoms with Gasteiger partial charge >= 0.3 is 0 Å². The van der Waals surface area contributed by atoms with Gasteiger partial charge in [0.1, 0.15) is 0 Å². The minimum absolute atomic E-state index is 0.0694. The van der Waals surface area contributed by atoms with Crippen LogP contribution in [0.4, 0.5) is 11.4 Å². The molecule has 2 amide bonds. The molecule has 4 aromatic rings. The highest BCUT2D eigenvalue weighted by Gasteiger charge is 2.38. The second kappa shape index (κ2) is 9.45. The monoisotopic (exact) mass is 527 g/mol. The van der Waals surface area contributed by atoms with Crippen LogP contribution in [0.1, 0.15) is 41.7 Å². The quantitative estimate of drug-likeness (QED) is 0.391. The lowest BCUT2D eigenvalue weighted by Gasteiger charge is -2.25. The fourth-order valence-corrected chi connectivity index (χ4v) is 5.96. The number of nitrogens with zero attached hydrogens (tertiary/aromatic N) is 7. The number of hydrogen-bond donors (Lipinski definition) is 2. The van der Waals surface area contributed by atoms with Crippen LogP contribution >= 0.6 is 0 Å². The van der Waals surface area contributed by atoms with Crippen molar-refractivity contribution in [3.05, 3.63) is 48.3 Å². The summed E-state index contributed by atoms with van der Waals surface area (Å²) in [6.07, 6.45) is 12.8. The van der Waals surface area contributed by atoms with Crippen molar-refractivity contribution in [2.45, 2.75) is 45.2 Å². The van der Waals surface area contributed by atoms with Gasteiger partial charge in [0, 0.05) is 25.6 Å². The number of piperidine rings is 1. The van der Waals surface area contributed by atoms with Crippen LogP contribution < -0.4 is 15.4 Å². The standard InChI is InChI=1S/C27H29N9O3/c1-16-22(8-18(9-28-16)32-25(37)15-34-13-17-3-4-19(34)7-17)33-26(38)21-11-31-36-14-23(29-12-24(21)36)20-10-30-35-5-2-6-39-27(20)35/h8-12,14,17,19H,2-7,13,15H2,1H3,(H,32,37)(H,33,38)/t17-,19+/m1/s1. The Morgan fingerprint density at radius 3 is 2.87 bits per heavy atom. The molecule has 2 atom stereocenters. The highest BCUT2D eigenvalue weighted by atomic mass is 16.5. The molecule has 2 aliphatic heterocycles. The highest BCUT2D eigenvalue weighted by molar-refractivity contribution is 6.09. The third-order valence-corrected chi connectivity index (χ3v) is 7.96. The van der Waals surface area contributed by atoms with E-state index in [4.69, 9.17) is 4.74 Å². The number of carbonyl (C=O) groups is 2. The molecular formula is C27H29N9O3. The molecule has 2 N–H and O–H groups in total. The van der Waals surface area contributed by atoms with E-state index in [1.165, 1.54) is 25.5 Å². The first-order chi connectivity index (χ1) is 19.0. The smallest absolute Gasteiger partial charge is 0.259 e. The van der Waals surface area contributed by atoms with E-state index in [0.717, 1.165) is 31.0 Å². The van der Waals surface area contributed by atoms with Gasteiger partial charge in [-0.05, 0) is 38.2 Å². The van der Waals surface area contributed by atoms with Crippen LogP contribution in [-0.2, 0) is 11.3 Å². The molecule has 12 heteroatoms. The molecular weight excluding hydrogens is 498 g/mol. The molecule has 0 radical (unpaired) electrons. The number of aryl methyl sites for hydroxylation is 2. The maximum Gasteiger partial charge on any atom is 0.259 e. The maximum absolute atomic E-state index is 13.2. The molecule has 2 fully saturated rings. The van der Waals surface area contributed by atoms with Gasteiger partial charge in [0.05, 0.1) is 83.5 Å². The number of pyridine rings is 1. The van der Waals surface area contributed by atoms with Gasteiger partial charge in [-0.15, -0.1) is 0 Å². The first kappa shape index (κ1) is 23.8. The summed E-state index contributed by atoms with van der Waals surface area (Å²) in [5, 5.41) is 14.6. The Morgan fingerprint density at radius 1 is 1.10 bits per heavy atom. The Labute approximate surface area is 224 Å². The number of aromatic nitrogens is 6.